The van der Waals surface area contributed by atoms with Crippen molar-refractivity contribution in [1.29, 1.82) is 0 Å². The molecule has 1 aliphatic rings. The Kier molecular flexibility index (Phi) is 2.34. The first-order valence-electron chi connectivity index (χ1n) is 3.09. The Morgan fingerprint density at radius 1 is 1.64 bits per heavy atom. The Morgan fingerprint density at radius 3 is 2.64 bits per heavy atom. The predicted octanol–water partition coefficient (Wildman–Crippen LogP) is 0.700. The monoisotopic (exact) mass is 194 g/mol. The van der Waals surface area contributed by atoms with Gasteiger partial charge in [0, 0.05) is 17.7 Å². The first-order valence-corrected chi connectivity index (χ1v) is 5.18. The van der Waals surface area contributed by atoms with Gasteiger partial charge in [0.1, 0.15) is 0 Å². The van der Waals surface area contributed by atoms with Crippen molar-refractivity contribution < 1.29 is 13.2 Å². The summed E-state index contributed by atoms with van der Waals surface area (Å²) < 4.78 is 21.6. The van der Waals surface area contributed by atoms with Crippen LogP contribution in [-0.4, -0.2) is 19.4 Å². The summed E-state index contributed by atoms with van der Waals surface area (Å²) in [7, 11) is -3.03. The minimum absolute atomic E-state index is 0.0193. The van der Waals surface area contributed by atoms with Crippen molar-refractivity contribution in [3.8, 4) is 0 Å². The van der Waals surface area contributed by atoms with Gasteiger partial charge in [0.15, 0.2) is 9.84 Å². The van der Waals surface area contributed by atoms with Crippen molar-refractivity contribution in [3.05, 3.63) is 11.5 Å². The number of carbonyl (C=O) groups is 1. The largest absolute Gasteiger partial charge is 0.281 e. The Bertz CT molecular complexity index is 291. The summed E-state index contributed by atoms with van der Waals surface area (Å²) in [6.45, 7) is 0. The number of carbonyl (C=O) groups excluding carboxylic acids is 1. The second-order valence-corrected chi connectivity index (χ2v) is 4.83. The van der Waals surface area contributed by atoms with Gasteiger partial charge in [0.2, 0.25) is 5.24 Å². The van der Waals surface area contributed by atoms with Crippen LogP contribution in [0, 0.1) is 5.92 Å². The number of allylic oxidation sites excluding steroid dienone is 1. The molecule has 0 aromatic rings. The number of rotatable bonds is 2. The van der Waals surface area contributed by atoms with Crippen LogP contribution in [0.15, 0.2) is 11.5 Å². The summed E-state index contributed by atoms with van der Waals surface area (Å²) in [5, 5.41) is 0.647. The summed E-state index contributed by atoms with van der Waals surface area (Å²) >= 11 is 5.08. The van der Waals surface area contributed by atoms with Crippen LogP contribution in [-0.2, 0) is 14.6 Å². The number of hydrogen-bond acceptors (Lipinski definition) is 3. The van der Waals surface area contributed by atoms with Crippen LogP contribution in [0.1, 0.15) is 6.42 Å². The lowest BCUT2D eigenvalue weighted by Gasteiger charge is -1.99. The van der Waals surface area contributed by atoms with Crippen LogP contribution in [0.5, 0.6) is 0 Å². The van der Waals surface area contributed by atoms with E-state index >= 15 is 0 Å². The van der Waals surface area contributed by atoms with Crippen LogP contribution in [0.3, 0.4) is 0 Å². The van der Waals surface area contributed by atoms with Gasteiger partial charge >= 0.3 is 0 Å². The fraction of sp³-hybridized carbons (Fsp3) is 0.500. The molecule has 0 saturated carbocycles. The molecule has 0 radical (unpaired) electrons. The summed E-state index contributed by atoms with van der Waals surface area (Å²) in [4.78, 5) is 10.3. The summed E-state index contributed by atoms with van der Waals surface area (Å²) in [5.41, 5.74) is 0. The quantitative estimate of drug-likeness (QED) is 0.608. The van der Waals surface area contributed by atoms with Gasteiger partial charge in [0.25, 0.3) is 0 Å². The third-order valence-electron chi connectivity index (χ3n) is 1.43. The Balaban J connectivity index is 2.58. The van der Waals surface area contributed by atoms with Crippen LogP contribution >= 0.6 is 11.6 Å². The van der Waals surface area contributed by atoms with Crippen LogP contribution < -0.4 is 0 Å². The van der Waals surface area contributed by atoms with Gasteiger partial charge in [-0.25, -0.2) is 8.42 Å². The molecular weight excluding hydrogens is 188 g/mol. The second-order valence-electron chi connectivity index (χ2n) is 2.48. The average Bonchev–Trinajstić information content (AvgIpc) is 2.08. The Labute approximate surface area is 70.0 Å². The van der Waals surface area contributed by atoms with E-state index in [2.05, 4.69) is 0 Å². The summed E-state index contributed by atoms with van der Waals surface area (Å²) in [6.07, 6.45) is 1.62. The average molecular weight is 195 g/mol. The first-order chi connectivity index (χ1) is 4.99. The van der Waals surface area contributed by atoms with Crippen molar-refractivity contribution in [2.45, 2.75) is 6.42 Å². The predicted molar refractivity (Wildman–Crippen MR) is 41.9 cm³/mol. The zero-order valence-corrected chi connectivity index (χ0v) is 7.23. The first kappa shape index (κ1) is 8.74. The van der Waals surface area contributed by atoms with E-state index in [1.165, 1.54) is 6.08 Å². The molecule has 1 atom stereocenters. The number of sulfone groups is 1. The van der Waals surface area contributed by atoms with Crippen molar-refractivity contribution in [2.24, 2.45) is 5.92 Å². The van der Waals surface area contributed by atoms with E-state index in [1.54, 1.807) is 0 Å². The maximum atomic E-state index is 10.8. The van der Waals surface area contributed by atoms with E-state index in [-0.39, 0.29) is 18.1 Å². The van der Waals surface area contributed by atoms with E-state index < -0.39 is 15.1 Å². The molecule has 11 heavy (non-hydrogen) atoms. The smallest absolute Gasteiger partial charge is 0.222 e. The normalized spacial score (nSPS) is 27.2. The Morgan fingerprint density at radius 2 is 2.27 bits per heavy atom. The number of halogens is 1. The molecule has 0 N–H and O–H groups in total. The molecule has 0 aromatic carbocycles. The maximum Gasteiger partial charge on any atom is 0.222 e. The molecule has 0 fully saturated rings. The topological polar surface area (TPSA) is 51.2 Å². The second kappa shape index (κ2) is 2.95. The molecule has 0 amide bonds. The summed E-state index contributed by atoms with van der Waals surface area (Å²) in [6, 6.07) is 0. The summed E-state index contributed by atoms with van der Waals surface area (Å²) in [5.74, 6) is -0.198. The molecule has 0 aromatic heterocycles. The molecule has 1 heterocycles. The lowest BCUT2D eigenvalue weighted by Crippen LogP contribution is -2.07. The fourth-order valence-corrected chi connectivity index (χ4v) is 2.57. The van der Waals surface area contributed by atoms with E-state index in [9.17, 15) is 13.2 Å². The number of hydrogen-bond donors (Lipinski definition) is 0. The molecule has 1 rings (SSSR count). The highest BCUT2D eigenvalue weighted by atomic mass is 35.5. The molecule has 1 aliphatic heterocycles. The van der Waals surface area contributed by atoms with E-state index in [0.29, 0.717) is 0 Å². The van der Waals surface area contributed by atoms with Gasteiger partial charge in [-0.1, -0.05) is 6.08 Å². The van der Waals surface area contributed by atoms with Gasteiger partial charge in [-0.15, -0.1) is 0 Å². The van der Waals surface area contributed by atoms with Crippen LogP contribution in [0.25, 0.3) is 0 Å². The lowest BCUT2D eigenvalue weighted by atomic mass is 10.1. The molecular formula is C6H7ClO3S. The van der Waals surface area contributed by atoms with Crippen molar-refractivity contribution in [2.75, 3.05) is 5.75 Å². The van der Waals surface area contributed by atoms with E-state index in [4.69, 9.17) is 11.6 Å². The molecule has 5 heteroatoms. The maximum absolute atomic E-state index is 10.8. The van der Waals surface area contributed by atoms with Crippen molar-refractivity contribution in [3.63, 3.8) is 0 Å². The molecule has 0 saturated heterocycles. The molecule has 0 aliphatic carbocycles. The third kappa shape index (κ3) is 2.63. The molecule has 3 nitrogen and oxygen atoms in total. The molecule has 62 valence electrons. The highest BCUT2D eigenvalue weighted by Gasteiger charge is 2.22. The van der Waals surface area contributed by atoms with E-state index in [0.717, 1.165) is 5.41 Å². The van der Waals surface area contributed by atoms with Gasteiger partial charge in [-0.3, -0.25) is 4.79 Å². The minimum atomic E-state index is -3.03. The van der Waals surface area contributed by atoms with Gasteiger partial charge in [0.05, 0.1) is 5.75 Å². The van der Waals surface area contributed by atoms with Gasteiger partial charge < -0.3 is 0 Å². The van der Waals surface area contributed by atoms with Crippen molar-refractivity contribution >= 4 is 26.7 Å². The fourth-order valence-electron chi connectivity index (χ4n) is 0.973. The van der Waals surface area contributed by atoms with Gasteiger partial charge in [-0.05, 0) is 11.6 Å². The standard InChI is InChI=1S/C6H7ClO3S/c7-6(8)3-5-1-2-11(9,10)4-5/h1-2,5H,3-4H2/t5-/m0/s1. The SMILES string of the molecule is O=C(Cl)C[C@@H]1C=CS(=O)(=O)C1. The third-order valence-corrected chi connectivity index (χ3v) is 3.05. The zero-order valence-electron chi connectivity index (χ0n) is 5.66. The Hall–Kier alpha value is -0.350. The van der Waals surface area contributed by atoms with Crippen molar-refractivity contribution in [1.82, 2.24) is 0 Å². The highest BCUT2D eigenvalue weighted by Crippen LogP contribution is 2.18. The molecule has 0 bridgehead atoms. The highest BCUT2D eigenvalue weighted by molar-refractivity contribution is 7.94. The van der Waals surface area contributed by atoms with Crippen LogP contribution in [0.2, 0.25) is 0 Å². The van der Waals surface area contributed by atoms with Crippen LogP contribution in [0.4, 0.5) is 0 Å². The lowest BCUT2D eigenvalue weighted by molar-refractivity contribution is -0.112. The minimum Gasteiger partial charge on any atom is -0.281 e. The molecule has 0 unspecified atom stereocenters. The van der Waals surface area contributed by atoms with E-state index in [1.807, 2.05) is 0 Å². The molecule has 0 spiro atoms. The van der Waals surface area contributed by atoms with Gasteiger partial charge in [-0.2, -0.15) is 0 Å². The zero-order chi connectivity index (χ0) is 8.48.